The molecule has 1 aliphatic rings. The first-order chi connectivity index (χ1) is 9.15. The molecule has 0 saturated heterocycles. The van der Waals surface area contributed by atoms with E-state index in [1.807, 2.05) is 38.1 Å². The minimum atomic E-state index is -0.659. The van der Waals surface area contributed by atoms with E-state index < -0.39 is 6.10 Å². The molecule has 2 aromatic rings. The van der Waals surface area contributed by atoms with E-state index in [2.05, 4.69) is 5.10 Å². The Balaban J connectivity index is 1.85. The normalized spacial score (nSPS) is 17.3. The van der Waals surface area contributed by atoms with Gasteiger partial charge in [0, 0.05) is 5.69 Å². The van der Waals surface area contributed by atoms with Crippen LogP contribution < -0.4 is 9.47 Å². The molecule has 1 aromatic carbocycles. The van der Waals surface area contributed by atoms with Gasteiger partial charge in [-0.25, -0.2) is 4.68 Å². The van der Waals surface area contributed by atoms with Gasteiger partial charge in [-0.1, -0.05) is 12.1 Å². The Hall–Kier alpha value is -2.30. The van der Waals surface area contributed by atoms with Gasteiger partial charge in [0.05, 0.1) is 5.69 Å². The predicted molar refractivity (Wildman–Crippen MR) is 68.7 cm³/mol. The molecule has 98 valence electrons. The number of para-hydroxylation sites is 2. The Morgan fingerprint density at radius 3 is 2.74 bits per heavy atom. The molecular formula is C14H14N2O3. The molecule has 0 spiro atoms. The highest BCUT2D eigenvalue weighted by atomic mass is 16.6. The van der Waals surface area contributed by atoms with Gasteiger partial charge in [-0.2, -0.15) is 5.10 Å². The summed E-state index contributed by atoms with van der Waals surface area (Å²) in [6.45, 7) is 3.90. The summed E-state index contributed by atoms with van der Waals surface area (Å²) in [5, 5.41) is 4.17. The smallest absolute Gasteiger partial charge is 0.291 e. The number of aryl methyl sites for hydroxylation is 2. The third-order valence-corrected chi connectivity index (χ3v) is 3.00. The Bertz CT molecular complexity index is 633. The predicted octanol–water partition coefficient (Wildman–Crippen LogP) is 1.98. The fourth-order valence-corrected chi connectivity index (χ4v) is 2.13. The molecule has 5 nitrogen and oxygen atoms in total. The molecule has 1 aliphatic heterocycles. The minimum Gasteiger partial charge on any atom is -0.485 e. The number of fused-ring (bicyclic) bond motifs is 1. The lowest BCUT2D eigenvalue weighted by atomic mass is 10.2. The van der Waals surface area contributed by atoms with Crippen LogP contribution >= 0.6 is 0 Å². The van der Waals surface area contributed by atoms with Gasteiger partial charge >= 0.3 is 0 Å². The summed E-state index contributed by atoms with van der Waals surface area (Å²) in [6.07, 6.45) is -0.659. The average Bonchev–Trinajstić information content (AvgIpc) is 2.76. The van der Waals surface area contributed by atoms with E-state index in [4.69, 9.17) is 9.47 Å². The third-order valence-electron chi connectivity index (χ3n) is 3.00. The summed E-state index contributed by atoms with van der Waals surface area (Å²) in [4.78, 5) is 12.3. The lowest BCUT2D eigenvalue weighted by Crippen LogP contribution is -2.40. The van der Waals surface area contributed by atoms with Crippen molar-refractivity contribution in [2.75, 3.05) is 6.61 Å². The van der Waals surface area contributed by atoms with Crippen LogP contribution in [0.15, 0.2) is 30.3 Å². The van der Waals surface area contributed by atoms with Crippen LogP contribution in [0.5, 0.6) is 11.5 Å². The van der Waals surface area contributed by atoms with Gasteiger partial charge in [0.25, 0.3) is 5.91 Å². The molecule has 0 radical (unpaired) electrons. The van der Waals surface area contributed by atoms with Crippen molar-refractivity contribution in [1.29, 1.82) is 0 Å². The monoisotopic (exact) mass is 258 g/mol. The molecular weight excluding hydrogens is 244 g/mol. The summed E-state index contributed by atoms with van der Waals surface area (Å²) >= 11 is 0. The summed E-state index contributed by atoms with van der Waals surface area (Å²) in [5.74, 6) is 1.05. The number of benzene rings is 1. The fraction of sp³-hybridized carbons (Fsp3) is 0.286. The number of hydrogen-bond acceptors (Lipinski definition) is 4. The van der Waals surface area contributed by atoms with Gasteiger partial charge in [0.15, 0.2) is 11.5 Å². The van der Waals surface area contributed by atoms with Crippen molar-refractivity contribution in [2.24, 2.45) is 0 Å². The van der Waals surface area contributed by atoms with Gasteiger partial charge < -0.3 is 9.47 Å². The van der Waals surface area contributed by atoms with Crippen LogP contribution in [0.4, 0.5) is 0 Å². The molecule has 1 atom stereocenters. The Labute approximate surface area is 110 Å². The van der Waals surface area contributed by atoms with E-state index >= 15 is 0 Å². The van der Waals surface area contributed by atoms with Crippen LogP contribution in [0.1, 0.15) is 16.2 Å². The van der Waals surface area contributed by atoms with Crippen molar-refractivity contribution < 1.29 is 14.3 Å². The van der Waals surface area contributed by atoms with Crippen molar-refractivity contribution in [3.8, 4) is 11.5 Å². The van der Waals surface area contributed by atoms with Crippen molar-refractivity contribution in [3.05, 3.63) is 41.7 Å². The standard InChI is InChI=1S/C14H14N2O3/c1-9-7-10(2)16(15-9)14(17)13-8-18-11-5-3-4-6-12(11)19-13/h3-7,13H,8H2,1-2H3/t13-/m0/s1. The van der Waals surface area contributed by atoms with Crippen LogP contribution in [-0.4, -0.2) is 28.4 Å². The van der Waals surface area contributed by atoms with E-state index in [9.17, 15) is 4.79 Å². The van der Waals surface area contributed by atoms with Crippen LogP contribution in [0.3, 0.4) is 0 Å². The number of ether oxygens (including phenoxy) is 2. The second-order valence-corrected chi connectivity index (χ2v) is 4.54. The SMILES string of the molecule is Cc1cc(C)n(C(=O)[C@@H]2COc3ccccc3O2)n1. The molecule has 0 fully saturated rings. The highest BCUT2D eigenvalue weighted by Crippen LogP contribution is 2.31. The molecule has 5 heteroatoms. The first-order valence-corrected chi connectivity index (χ1v) is 6.11. The minimum absolute atomic E-state index is 0.203. The van der Waals surface area contributed by atoms with E-state index in [-0.39, 0.29) is 12.5 Å². The largest absolute Gasteiger partial charge is 0.485 e. The maximum atomic E-state index is 12.3. The van der Waals surface area contributed by atoms with Gasteiger partial charge in [0.2, 0.25) is 6.10 Å². The molecule has 19 heavy (non-hydrogen) atoms. The number of carbonyl (C=O) groups is 1. The lowest BCUT2D eigenvalue weighted by Gasteiger charge is -2.25. The highest BCUT2D eigenvalue weighted by Gasteiger charge is 2.29. The van der Waals surface area contributed by atoms with Gasteiger partial charge in [-0.15, -0.1) is 0 Å². The van der Waals surface area contributed by atoms with Crippen LogP contribution in [0.2, 0.25) is 0 Å². The summed E-state index contributed by atoms with van der Waals surface area (Å²) < 4.78 is 12.6. The maximum absolute atomic E-state index is 12.3. The van der Waals surface area contributed by atoms with Gasteiger partial charge in [-0.3, -0.25) is 4.79 Å². The number of hydrogen-bond donors (Lipinski definition) is 0. The van der Waals surface area contributed by atoms with Crippen molar-refractivity contribution >= 4 is 5.91 Å². The first kappa shape index (κ1) is 11.8. The van der Waals surface area contributed by atoms with E-state index in [0.717, 1.165) is 11.4 Å². The van der Waals surface area contributed by atoms with Crippen LogP contribution in [0.25, 0.3) is 0 Å². The number of nitrogens with zero attached hydrogens (tertiary/aromatic N) is 2. The zero-order chi connectivity index (χ0) is 13.4. The first-order valence-electron chi connectivity index (χ1n) is 6.11. The quantitative estimate of drug-likeness (QED) is 0.784. The molecule has 1 aromatic heterocycles. The number of aromatic nitrogens is 2. The Kier molecular flexibility index (Phi) is 2.74. The van der Waals surface area contributed by atoms with E-state index in [0.29, 0.717) is 11.5 Å². The van der Waals surface area contributed by atoms with E-state index in [1.165, 1.54) is 4.68 Å². The Morgan fingerprint density at radius 1 is 1.32 bits per heavy atom. The molecule has 0 amide bonds. The average molecular weight is 258 g/mol. The zero-order valence-corrected chi connectivity index (χ0v) is 10.8. The molecule has 3 rings (SSSR count). The highest BCUT2D eigenvalue weighted by molar-refractivity contribution is 5.84. The maximum Gasteiger partial charge on any atom is 0.291 e. The summed E-state index contributed by atoms with van der Waals surface area (Å²) in [6, 6.07) is 9.18. The molecule has 0 unspecified atom stereocenters. The van der Waals surface area contributed by atoms with Crippen LogP contribution in [-0.2, 0) is 0 Å². The van der Waals surface area contributed by atoms with Crippen molar-refractivity contribution in [3.63, 3.8) is 0 Å². The second kappa shape index (κ2) is 4.42. The molecule has 0 bridgehead atoms. The molecule has 0 saturated carbocycles. The Morgan fingerprint density at radius 2 is 2.05 bits per heavy atom. The molecule has 0 N–H and O–H groups in total. The lowest BCUT2D eigenvalue weighted by molar-refractivity contribution is 0.0482. The van der Waals surface area contributed by atoms with E-state index in [1.54, 1.807) is 6.07 Å². The summed E-state index contributed by atoms with van der Waals surface area (Å²) in [5.41, 5.74) is 1.60. The van der Waals surface area contributed by atoms with Gasteiger partial charge in [0.1, 0.15) is 6.61 Å². The zero-order valence-electron chi connectivity index (χ0n) is 10.8. The van der Waals surface area contributed by atoms with Crippen molar-refractivity contribution in [2.45, 2.75) is 20.0 Å². The summed E-state index contributed by atoms with van der Waals surface area (Å²) in [7, 11) is 0. The number of rotatable bonds is 1. The molecule has 2 heterocycles. The second-order valence-electron chi connectivity index (χ2n) is 4.54. The topological polar surface area (TPSA) is 53.4 Å². The number of carbonyl (C=O) groups excluding carboxylic acids is 1. The van der Waals surface area contributed by atoms with Crippen LogP contribution in [0, 0.1) is 13.8 Å². The molecule has 0 aliphatic carbocycles. The fourth-order valence-electron chi connectivity index (χ4n) is 2.13. The third kappa shape index (κ3) is 2.07. The van der Waals surface area contributed by atoms with Gasteiger partial charge in [-0.05, 0) is 32.0 Å². The van der Waals surface area contributed by atoms with Crippen molar-refractivity contribution in [1.82, 2.24) is 9.78 Å².